The van der Waals surface area contributed by atoms with Crippen LogP contribution >= 0.6 is 11.3 Å². The molecule has 0 saturated carbocycles. The summed E-state index contributed by atoms with van der Waals surface area (Å²) >= 11 is 1.13. The van der Waals surface area contributed by atoms with Gasteiger partial charge in [0, 0.05) is 0 Å². The Kier molecular flexibility index (Phi) is 3.60. The second kappa shape index (κ2) is 5.01. The van der Waals surface area contributed by atoms with Crippen LogP contribution in [0.15, 0.2) is 35.2 Å². The molecule has 3 N–H and O–H groups in total. The van der Waals surface area contributed by atoms with Gasteiger partial charge in [-0.15, -0.1) is 10.2 Å². The number of nitrogens with two attached hydrogens (primary N) is 1. The first-order chi connectivity index (χ1) is 8.49. The van der Waals surface area contributed by atoms with E-state index in [9.17, 15) is 8.42 Å². The molecule has 2 rings (SSSR count). The molecule has 0 aliphatic rings. The predicted octanol–water partition coefficient (Wildman–Crippen LogP) is 1.36. The minimum atomic E-state index is -3.61. The van der Waals surface area contributed by atoms with Crippen molar-refractivity contribution in [1.82, 2.24) is 10.2 Å². The minimum Gasteiger partial charge on any atom is -0.322 e. The molecule has 0 fully saturated rings. The van der Waals surface area contributed by atoms with E-state index in [1.807, 2.05) is 0 Å². The van der Waals surface area contributed by atoms with E-state index in [2.05, 4.69) is 14.9 Å². The molecule has 0 aliphatic heterocycles. The van der Waals surface area contributed by atoms with Gasteiger partial charge in [0.05, 0.1) is 10.9 Å². The number of anilines is 1. The highest BCUT2D eigenvalue weighted by Crippen LogP contribution is 2.22. The Labute approximate surface area is 109 Å². The van der Waals surface area contributed by atoms with Crippen molar-refractivity contribution in [3.8, 4) is 0 Å². The first kappa shape index (κ1) is 12.9. The molecule has 1 aromatic carbocycles. The minimum absolute atomic E-state index is 0.183. The zero-order chi connectivity index (χ0) is 13.2. The standard InChI is InChI=1S/C10H12N4O2S2/c1-7(11)9-12-13-10(17-9)14-18(15,16)8-5-3-2-4-6-8/h2-7H,11H2,1H3,(H,13,14). The third kappa shape index (κ3) is 2.84. The maximum absolute atomic E-state index is 12.0. The highest BCUT2D eigenvalue weighted by molar-refractivity contribution is 7.93. The molecular weight excluding hydrogens is 272 g/mol. The highest BCUT2D eigenvalue weighted by Gasteiger charge is 2.17. The van der Waals surface area contributed by atoms with Gasteiger partial charge >= 0.3 is 0 Å². The van der Waals surface area contributed by atoms with Crippen molar-refractivity contribution in [2.75, 3.05) is 4.72 Å². The Hall–Kier alpha value is -1.51. The molecule has 1 unspecified atom stereocenters. The average Bonchev–Trinajstić information content (AvgIpc) is 2.78. The zero-order valence-electron chi connectivity index (χ0n) is 9.57. The van der Waals surface area contributed by atoms with E-state index < -0.39 is 10.0 Å². The summed E-state index contributed by atoms with van der Waals surface area (Å²) in [4.78, 5) is 0.183. The van der Waals surface area contributed by atoms with Crippen molar-refractivity contribution in [3.05, 3.63) is 35.3 Å². The Morgan fingerprint density at radius 2 is 1.94 bits per heavy atom. The van der Waals surface area contributed by atoms with Gasteiger partial charge in [0.1, 0.15) is 5.01 Å². The van der Waals surface area contributed by atoms with Crippen molar-refractivity contribution >= 4 is 26.5 Å². The summed E-state index contributed by atoms with van der Waals surface area (Å²) in [6.07, 6.45) is 0. The molecule has 0 spiro atoms. The van der Waals surface area contributed by atoms with Gasteiger partial charge in [0.25, 0.3) is 10.0 Å². The van der Waals surface area contributed by atoms with E-state index in [1.165, 1.54) is 12.1 Å². The fraction of sp³-hybridized carbons (Fsp3) is 0.200. The summed E-state index contributed by atoms with van der Waals surface area (Å²) in [6.45, 7) is 1.76. The number of aromatic nitrogens is 2. The summed E-state index contributed by atoms with van der Waals surface area (Å²) in [5.41, 5.74) is 5.63. The number of nitrogens with one attached hydrogen (secondary N) is 1. The Morgan fingerprint density at radius 1 is 1.28 bits per heavy atom. The molecule has 96 valence electrons. The zero-order valence-corrected chi connectivity index (χ0v) is 11.2. The smallest absolute Gasteiger partial charge is 0.263 e. The number of sulfonamides is 1. The molecule has 1 heterocycles. The summed E-state index contributed by atoms with van der Waals surface area (Å²) in [5.74, 6) is 0. The maximum atomic E-state index is 12.0. The summed E-state index contributed by atoms with van der Waals surface area (Å²) in [6, 6.07) is 7.81. The Bertz CT molecular complexity index is 622. The van der Waals surface area contributed by atoms with Gasteiger partial charge in [-0.3, -0.25) is 4.72 Å². The summed E-state index contributed by atoms with van der Waals surface area (Å²) in [5, 5.41) is 8.35. The van der Waals surface area contributed by atoms with Gasteiger partial charge in [-0.25, -0.2) is 8.42 Å². The van der Waals surface area contributed by atoms with Crippen LogP contribution in [0.25, 0.3) is 0 Å². The quantitative estimate of drug-likeness (QED) is 0.883. The molecular formula is C10H12N4O2S2. The summed E-state index contributed by atoms with van der Waals surface area (Å²) < 4.78 is 26.3. The van der Waals surface area contributed by atoms with Crippen LogP contribution in [-0.2, 0) is 10.0 Å². The Morgan fingerprint density at radius 3 is 2.50 bits per heavy atom. The van der Waals surface area contributed by atoms with Crippen LogP contribution in [0.1, 0.15) is 18.0 Å². The van der Waals surface area contributed by atoms with E-state index in [0.29, 0.717) is 5.01 Å². The molecule has 8 heteroatoms. The largest absolute Gasteiger partial charge is 0.322 e. The number of nitrogens with zero attached hydrogens (tertiary/aromatic N) is 2. The van der Waals surface area contributed by atoms with Gasteiger partial charge in [-0.2, -0.15) is 0 Å². The third-order valence-electron chi connectivity index (χ3n) is 2.11. The number of rotatable bonds is 4. The van der Waals surface area contributed by atoms with Crippen molar-refractivity contribution in [2.45, 2.75) is 17.9 Å². The van der Waals surface area contributed by atoms with Crippen molar-refractivity contribution in [1.29, 1.82) is 0 Å². The van der Waals surface area contributed by atoms with E-state index in [1.54, 1.807) is 25.1 Å². The lowest BCUT2D eigenvalue weighted by atomic mass is 10.4. The van der Waals surface area contributed by atoms with Gasteiger partial charge < -0.3 is 5.73 Å². The first-order valence-corrected chi connectivity index (χ1v) is 7.46. The normalized spacial score (nSPS) is 13.2. The van der Waals surface area contributed by atoms with E-state index >= 15 is 0 Å². The maximum Gasteiger partial charge on any atom is 0.263 e. The van der Waals surface area contributed by atoms with Gasteiger partial charge in [-0.1, -0.05) is 29.5 Å². The molecule has 0 saturated heterocycles. The van der Waals surface area contributed by atoms with E-state index in [-0.39, 0.29) is 16.1 Å². The molecule has 1 atom stereocenters. The molecule has 0 radical (unpaired) electrons. The number of benzene rings is 1. The van der Waals surface area contributed by atoms with Crippen molar-refractivity contribution < 1.29 is 8.42 Å². The highest BCUT2D eigenvalue weighted by atomic mass is 32.2. The monoisotopic (exact) mass is 284 g/mol. The van der Waals surface area contributed by atoms with Crippen LogP contribution in [-0.4, -0.2) is 18.6 Å². The molecule has 18 heavy (non-hydrogen) atoms. The van der Waals surface area contributed by atoms with E-state index in [4.69, 9.17) is 5.73 Å². The van der Waals surface area contributed by atoms with Crippen molar-refractivity contribution in [2.24, 2.45) is 5.73 Å². The lowest BCUT2D eigenvalue weighted by Crippen LogP contribution is -2.12. The molecule has 1 aromatic heterocycles. The molecule has 0 bridgehead atoms. The molecule has 6 nitrogen and oxygen atoms in total. The fourth-order valence-corrected chi connectivity index (χ4v) is 3.18. The lowest BCUT2D eigenvalue weighted by molar-refractivity contribution is 0.601. The van der Waals surface area contributed by atoms with Crippen LogP contribution in [0.5, 0.6) is 0 Å². The number of hydrogen-bond donors (Lipinski definition) is 2. The molecule has 0 aliphatic carbocycles. The van der Waals surface area contributed by atoms with Crippen LogP contribution in [0.4, 0.5) is 5.13 Å². The van der Waals surface area contributed by atoms with Crippen molar-refractivity contribution in [3.63, 3.8) is 0 Å². The fourth-order valence-electron chi connectivity index (χ4n) is 1.23. The van der Waals surface area contributed by atoms with Gasteiger partial charge in [0.2, 0.25) is 5.13 Å². The molecule has 0 amide bonds. The van der Waals surface area contributed by atoms with Crippen LogP contribution < -0.4 is 10.5 Å². The lowest BCUT2D eigenvalue weighted by Gasteiger charge is -2.03. The van der Waals surface area contributed by atoms with Crippen LogP contribution in [0.2, 0.25) is 0 Å². The second-order valence-corrected chi connectivity index (χ2v) is 6.34. The summed E-state index contributed by atoms with van der Waals surface area (Å²) in [7, 11) is -3.61. The van der Waals surface area contributed by atoms with Crippen LogP contribution in [0.3, 0.4) is 0 Å². The van der Waals surface area contributed by atoms with Crippen LogP contribution in [0, 0.1) is 0 Å². The number of hydrogen-bond acceptors (Lipinski definition) is 6. The van der Waals surface area contributed by atoms with E-state index in [0.717, 1.165) is 11.3 Å². The first-order valence-electron chi connectivity index (χ1n) is 5.16. The third-order valence-corrected chi connectivity index (χ3v) is 4.63. The SMILES string of the molecule is CC(N)c1nnc(NS(=O)(=O)c2ccccc2)s1. The average molecular weight is 284 g/mol. The second-order valence-electron chi connectivity index (χ2n) is 3.65. The Balaban J connectivity index is 2.23. The molecule has 2 aromatic rings. The van der Waals surface area contributed by atoms with Gasteiger partial charge in [0.15, 0.2) is 0 Å². The van der Waals surface area contributed by atoms with Gasteiger partial charge in [-0.05, 0) is 19.1 Å². The topological polar surface area (TPSA) is 98.0 Å². The predicted molar refractivity (Wildman–Crippen MR) is 69.8 cm³/mol.